The summed E-state index contributed by atoms with van der Waals surface area (Å²) in [6, 6.07) is 13.3. The van der Waals surface area contributed by atoms with Crippen molar-refractivity contribution >= 4 is 34.8 Å². The molecule has 2 aliphatic heterocycles. The first-order chi connectivity index (χ1) is 15.5. The molecule has 0 saturated heterocycles. The number of rotatable bonds is 6. The maximum absolute atomic E-state index is 13.5. The zero-order valence-electron chi connectivity index (χ0n) is 17.8. The van der Waals surface area contributed by atoms with Gasteiger partial charge in [-0.1, -0.05) is 24.3 Å². The number of allylic oxidation sites excluding steroid dienone is 2. The quantitative estimate of drug-likeness (QED) is 0.649. The highest BCUT2D eigenvalue weighted by atomic mass is 16.5. The van der Waals surface area contributed by atoms with Crippen molar-refractivity contribution in [1.29, 1.82) is 0 Å². The zero-order valence-corrected chi connectivity index (χ0v) is 17.8. The van der Waals surface area contributed by atoms with Crippen molar-refractivity contribution < 1.29 is 28.7 Å². The number of methoxy groups -OCH3 is 2. The third kappa shape index (κ3) is 3.43. The molecule has 0 atom stereocenters. The topological polar surface area (TPSA) is 93.2 Å². The number of hydrogen-bond acceptors (Lipinski definition) is 6. The Balaban J connectivity index is 1.93. The van der Waals surface area contributed by atoms with E-state index >= 15 is 0 Å². The molecule has 2 aromatic rings. The standard InChI is InChI=1S/C24H22N2O6/c1-31-13-11-19(27)25-17-9-5-3-7-15(17)23(29)21(25)22-24(30)16-8-4-6-10-18(16)26(22)20(28)12-14-32-2/h3-10H,11-14H2,1-2H3/b22-21+. The minimum Gasteiger partial charge on any atom is -0.384 e. The molecule has 8 nitrogen and oxygen atoms in total. The predicted octanol–water partition coefficient (Wildman–Crippen LogP) is 2.73. The smallest absolute Gasteiger partial charge is 0.234 e. The van der Waals surface area contributed by atoms with Crippen molar-refractivity contribution in [3.8, 4) is 0 Å². The van der Waals surface area contributed by atoms with Gasteiger partial charge in [0.05, 0.1) is 37.4 Å². The lowest BCUT2D eigenvalue weighted by atomic mass is 10.1. The second-order valence-electron chi connectivity index (χ2n) is 7.33. The highest BCUT2D eigenvalue weighted by Gasteiger charge is 2.46. The van der Waals surface area contributed by atoms with E-state index in [1.807, 2.05) is 0 Å². The average molecular weight is 434 g/mol. The van der Waals surface area contributed by atoms with Crippen molar-refractivity contribution in [3.05, 3.63) is 71.1 Å². The van der Waals surface area contributed by atoms with Crippen molar-refractivity contribution in [3.63, 3.8) is 0 Å². The van der Waals surface area contributed by atoms with E-state index in [4.69, 9.17) is 9.47 Å². The fraction of sp³-hybridized carbons (Fsp3) is 0.250. The van der Waals surface area contributed by atoms with E-state index in [0.717, 1.165) is 0 Å². The van der Waals surface area contributed by atoms with Gasteiger partial charge in [-0.05, 0) is 24.3 Å². The second-order valence-corrected chi connectivity index (χ2v) is 7.33. The number of carbonyl (C=O) groups excluding carboxylic acids is 4. The summed E-state index contributed by atoms with van der Waals surface area (Å²) in [7, 11) is 2.95. The number of carbonyl (C=O) groups is 4. The number of hydrogen-bond donors (Lipinski definition) is 0. The summed E-state index contributed by atoms with van der Waals surface area (Å²) in [5.74, 6) is -1.76. The summed E-state index contributed by atoms with van der Waals surface area (Å²) in [5, 5.41) is 0. The Kier molecular flexibility index (Phi) is 5.98. The van der Waals surface area contributed by atoms with E-state index in [2.05, 4.69) is 0 Å². The van der Waals surface area contributed by atoms with Crippen LogP contribution in [0.2, 0.25) is 0 Å². The minimum atomic E-state index is -0.480. The highest BCUT2D eigenvalue weighted by Crippen LogP contribution is 2.43. The highest BCUT2D eigenvalue weighted by molar-refractivity contribution is 6.33. The maximum Gasteiger partial charge on any atom is 0.234 e. The second kappa shape index (κ2) is 8.86. The molecular weight excluding hydrogens is 412 g/mol. The molecule has 0 saturated carbocycles. The Hall–Kier alpha value is -3.62. The molecule has 0 unspecified atom stereocenters. The molecule has 0 bridgehead atoms. The Bertz CT molecular complexity index is 1060. The van der Waals surface area contributed by atoms with Gasteiger partial charge in [-0.15, -0.1) is 0 Å². The van der Waals surface area contributed by atoms with Gasteiger partial charge in [0.25, 0.3) is 0 Å². The van der Waals surface area contributed by atoms with E-state index < -0.39 is 23.4 Å². The molecule has 32 heavy (non-hydrogen) atoms. The predicted molar refractivity (Wildman–Crippen MR) is 117 cm³/mol. The Morgan fingerprint density at radius 1 is 0.688 bits per heavy atom. The third-order valence-electron chi connectivity index (χ3n) is 5.42. The van der Waals surface area contributed by atoms with Crippen LogP contribution in [0.1, 0.15) is 33.6 Å². The van der Waals surface area contributed by atoms with E-state index in [0.29, 0.717) is 22.5 Å². The van der Waals surface area contributed by atoms with Crippen LogP contribution in [0.3, 0.4) is 0 Å². The van der Waals surface area contributed by atoms with Crippen molar-refractivity contribution in [2.45, 2.75) is 12.8 Å². The van der Waals surface area contributed by atoms with Crippen LogP contribution < -0.4 is 9.80 Å². The monoisotopic (exact) mass is 434 g/mol. The van der Waals surface area contributed by atoms with Crippen LogP contribution in [0, 0.1) is 0 Å². The lowest BCUT2D eigenvalue weighted by Gasteiger charge is -2.24. The summed E-state index contributed by atoms with van der Waals surface area (Å²) in [6.45, 7) is 0.303. The van der Waals surface area contributed by atoms with E-state index in [9.17, 15) is 19.2 Å². The van der Waals surface area contributed by atoms with Crippen LogP contribution in [0.5, 0.6) is 0 Å². The first kappa shape index (κ1) is 21.6. The van der Waals surface area contributed by atoms with Gasteiger partial charge in [0.2, 0.25) is 23.4 Å². The Morgan fingerprint density at radius 3 is 1.44 bits per heavy atom. The van der Waals surface area contributed by atoms with Gasteiger partial charge in [-0.3, -0.25) is 29.0 Å². The van der Waals surface area contributed by atoms with Crippen molar-refractivity contribution in [1.82, 2.24) is 0 Å². The van der Waals surface area contributed by atoms with Gasteiger partial charge in [-0.2, -0.15) is 0 Å². The van der Waals surface area contributed by atoms with Gasteiger partial charge >= 0.3 is 0 Å². The van der Waals surface area contributed by atoms with Crippen LogP contribution in [0.25, 0.3) is 0 Å². The first-order valence-corrected chi connectivity index (χ1v) is 10.2. The minimum absolute atomic E-state index is 0.00759. The largest absolute Gasteiger partial charge is 0.384 e. The van der Waals surface area contributed by atoms with Gasteiger partial charge in [0.15, 0.2) is 0 Å². The molecule has 164 valence electrons. The Morgan fingerprint density at radius 2 is 1.06 bits per heavy atom. The molecule has 2 aromatic carbocycles. The van der Waals surface area contributed by atoms with Gasteiger partial charge in [0.1, 0.15) is 11.4 Å². The summed E-state index contributed by atoms with van der Waals surface area (Å²) < 4.78 is 10.1. The van der Waals surface area contributed by atoms with Crippen LogP contribution in [-0.2, 0) is 19.1 Å². The van der Waals surface area contributed by atoms with E-state index in [1.165, 1.54) is 24.0 Å². The van der Waals surface area contributed by atoms with Crippen LogP contribution >= 0.6 is 0 Å². The SMILES string of the molecule is COCCC(=O)N1/C(=C2\C(=O)c3ccccc3N2C(=O)CCOC)C(=O)c2ccccc21. The van der Waals surface area contributed by atoms with E-state index in [-0.39, 0.29) is 37.4 Å². The number of anilines is 2. The number of ether oxygens (including phenoxy) is 2. The van der Waals surface area contributed by atoms with Crippen LogP contribution in [0.15, 0.2) is 59.9 Å². The molecule has 0 fully saturated rings. The van der Waals surface area contributed by atoms with Crippen molar-refractivity contribution in [2.24, 2.45) is 0 Å². The lowest BCUT2D eigenvalue weighted by Crippen LogP contribution is -2.37. The molecule has 2 heterocycles. The fourth-order valence-electron chi connectivity index (χ4n) is 3.97. The van der Waals surface area contributed by atoms with E-state index in [1.54, 1.807) is 48.5 Å². The number of Topliss-reactive ketones (excluding diaryl/α,β-unsaturated/α-hetero) is 2. The Labute approximate surface area is 185 Å². The fourth-order valence-corrected chi connectivity index (χ4v) is 3.97. The van der Waals surface area contributed by atoms with Gasteiger partial charge in [0, 0.05) is 25.3 Å². The molecule has 0 aromatic heterocycles. The molecule has 8 heteroatoms. The molecule has 0 N–H and O–H groups in total. The third-order valence-corrected chi connectivity index (χ3v) is 5.42. The van der Waals surface area contributed by atoms with Gasteiger partial charge < -0.3 is 9.47 Å². The molecule has 0 spiro atoms. The zero-order chi connectivity index (χ0) is 22.8. The average Bonchev–Trinajstić information content (AvgIpc) is 3.27. The summed E-state index contributed by atoms with van der Waals surface area (Å²) in [5.41, 5.74) is 1.14. The van der Waals surface area contributed by atoms with Crippen molar-refractivity contribution in [2.75, 3.05) is 37.2 Å². The summed E-state index contributed by atoms with van der Waals surface area (Å²) >= 11 is 0. The maximum atomic E-state index is 13.5. The molecule has 0 aliphatic carbocycles. The first-order valence-electron chi connectivity index (χ1n) is 10.2. The number of nitrogens with zero attached hydrogens (tertiary/aromatic N) is 2. The number of para-hydroxylation sites is 2. The number of amides is 2. The molecular formula is C24H22N2O6. The number of ketones is 2. The summed E-state index contributed by atoms with van der Waals surface area (Å²) in [4.78, 5) is 55.7. The molecule has 4 rings (SSSR count). The van der Waals surface area contributed by atoms with Gasteiger partial charge in [-0.25, -0.2) is 0 Å². The lowest BCUT2D eigenvalue weighted by molar-refractivity contribution is -0.120. The number of benzene rings is 2. The molecule has 2 amide bonds. The van der Waals surface area contributed by atoms with Crippen LogP contribution in [-0.4, -0.2) is 50.8 Å². The molecule has 2 aliphatic rings. The normalized spacial score (nSPS) is 17.1. The molecule has 0 radical (unpaired) electrons. The van der Waals surface area contributed by atoms with Crippen LogP contribution in [0.4, 0.5) is 11.4 Å². The summed E-state index contributed by atoms with van der Waals surface area (Å²) in [6.07, 6.45) is 0.0152. The number of fused-ring (bicyclic) bond motifs is 2.